The van der Waals surface area contributed by atoms with Gasteiger partial charge in [-0.3, -0.25) is 0 Å². The van der Waals surface area contributed by atoms with Crippen molar-refractivity contribution in [3.05, 3.63) is 40.2 Å². The van der Waals surface area contributed by atoms with E-state index in [4.69, 9.17) is 16.0 Å². The van der Waals surface area contributed by atoms with E-state index in [9.17, 15) is 9.90 Å². The summed E-state index contributed by atoms with van der Waals surface area (Å²) in [5.41, 5.74) is 1.83. The fourth-order valence-electron chi connectivity index (χ4n) is 1.73. The molecule has 1 heterocycles. The highest BCUT2D eigenvalue weighted by Crippen LogP contribution is 2.20. The number of aliphatic hydroxyl groups is 1. The van der Waals surface area contributed by atoms with Crippen molar-refractivity contribution in [1.82, 2.24) is 0 Å². The lowest BCUT2D eigenvalue weighted by atomic mass is 10.1. The highest BCUT2D eigenvalue weighted by Gasteiger charge is 2.05. The Morgan fingerprint density at radius 2 is 2.22 bits per heavy atom. The van der Waals surface area contributed by atoms with Crippen LogP contribution in [0.4, 0.5) is 5.69 Å². The van der Waals surface area contributed by atoms with E-state index in [0.717, 1.165) is 16.6 Å². The van der Waals surface area contributed by atoms with E-state index in [-0.39, 0.29) is 11.5 Å². The summed E-state index contributed by atoms with van der Waals surface area (Å²) in [6.07, 6.45) is -0.605. The zero-order valence-corrected chi connectivity index (χ0v) is 10.7. The second-order valence-electron chi connectivity index (χ2n) is 4.15. The molecule has 0 aliphatic rings. The first-order valence-electron chi connectivity index (χ1n) is 5.62. The van der Waals surface area contributed by atoms with Crippen LogP contribution in [0.25, 0.3) is 11.0 Å². The standard InChI is InChI=1S/C13H14ClNO3/c1-8-4-13(17)18-12-5-9(2-3-11(8)12)15-7-10(16)6-14/h2-5,10,15-16H,6-7H2,1H3. The molecule has 0 spiro atoms. The van der Waals surface area contributed by atoms with Crippen LogP contribution in [0.2, 0.25) is 0 Å². The molecular weight excluding hydrogens is 254 g/mol. The van der Waals surface area contributed by atoms with Gasteiger partial charge in [0, 0.05) is 29.8 Å². The second kappa shape index (κ2) is 5.42. The molecule has 96 valence electrons. The van der Waals surface area contributed by atoms with Gasteiger partial charge in [0.15, 0.2) is 0 Å². The number of nitrogens with one attached hydrogen (secondary N) is 1. The van der Waals surface area contributed by atoms with E-state index in [1.54, 1.807) is 6.07 Å². The minimum atomic E-state index is -0.605. The quantitative estimate of drug-likeness (QED) is 0.658. The van der Waals surface area contributed by atoms with Crippen molar-refractivity contribution >= 4 is 28.3 Å². The summed E-state index contributed by atoms with van der Waals surface area (Å²) < 4.78 is 5.13. The van der Waals surface area contributed by atoms with Gasteiger partial charge in [-0.2, -0.15) is 0 Å². The largest absolute Gasteiger partial charge is 0.423 e. The number of benzene rings is 1. The molecule has 1 aromatic carbocycles. The molecule has 2 rings (SSSR count). The van der Waals surface area contributed by atoms with Gasteiger partial charge in [0.1, 0.15) is 5.58 Å². The molecule has 0 aliphatic carbocycles. The summed E-state index contributed by atoms with van der Waals surface area (Å²) in [6.45, 7) is 2.22. The Labute approximate surface area is 109 Å². The van der Waals surface area contributed by atoms with Crippen LogP contribution in [-0.4, -0.2) is 23.6 Å². The zero-order chi connectivity index (χ0) is 13.1. The van der Waals surface area contributed by atoms with Crippen LogP contribution in [-0.2, 0) is 0 Å². The summed E-state index contributed by atoms with van der Waals surface area (Å²) in [6, 6.07) is 6.96. The molecule has 5 heteroatoms. The van der Waals surface area contributed by atoms with E-state index in [1.807, 2.05) is 19.1 Å². The van der Waals surface area contributed by atoms with Crippen molar-refractivity contribution in [3.8, 4) is 0 Å². The maximum absolute atomic E-state index is 11.3. The number of rotatable bonds is 4. The van der Waals surface area contributed by atoms with Gasteiger partial charge in [-0.25, -0.2) is 4.79 Å². The van der Waals surface area contributed by atoms with Crippen molar-refractivity contribution in [2.45, 2.75) is 13.0 Å². The van der Waals surface area contributed by atoms with Gasteiger partial charge < -0.3 is 14.8 Å². The van der Waals surface area contributed by atoms with Crippen LogP contribution in [0.15, 0.2) is 33.5 Å². The minimum Gasteiger partial charge on any atom is -0.423 e. The lowest BCUT2D eigenvalue weighted by Crippen LogP contribution is -2.20. The van der Waals surface area contributed by atoms with E-state index in [1.165, 1.54) is 6.07 Å². The number of hydrogen-bond acceptors (Lipinski definition) is 4. The first kappa shape index (κ1) is 12.9. The molecule has 0 bridgehead atoms. The summed E-state index contributed by atoms with van der Waals surface area (Å²) in [5.74, 6) is 0.175. The molecule has 1 unspecified atom stereocenters. The zero-order valence-electron chi connectivity index (χ0n) is 9.94. The lowest BCUT2D eigenvalue weighted by molar-refractivity contribution is 0.211. The van der Waals surface area contributed by atoms with Gasteiger partial charge in [0.05, 0.1) is 12.0 Å². The first-order chi connectivity index (χ1) is 8.60. The van der Waals surface area contributed by atoms with Crippen molar-refractivity contribution in [1.29, 1.82) is 0 Å². The first-order valence-corrected chi connectivity index (χ1v) is 6.16. The minimum absolute atomic E-state index is 0.175. The molecule has 0 fully saturated rings. The number of aliphatic hydroxyl groups excluding tert-OH is 1. The third-order valence-corrected chi connectivity index (χ3v) is 3.03. The molecule has 1 atom stereocenters. The normalized spacial score (nSPS) is 12.6. The van der Waals surface area contributed by atoms with Crippen molar-refractivity contribution in [2.24, 2.45) is 0 Å². The smallest absolute Gasteiger partial charge is 0.336 e. The van der Waals surface area contributed by atoms with Gasteiger partial charge in [0.2, 0.25) is 0 Å². The predicted molar refractivity (Wildman–Crippen MR) is 72.4 cm³/mol. The Kier molecular flexibility index (Phi) is 3.89. The van der Waals surface area contributed by atoms with E-state index in [2.05, 4.69) is 5.32 Å². The summed E-state index contributed by atoms with van der Waals surface area (Å²) in [7, 11) is 0. The van der Waals surface area contributed by atoms with Gasteiger partial charge >= 0.3 is 5.63 Å². The molecule has 0 radical (unpaired) electrons. The molecule has 1 aromatic heterocycles. The molecule has 0 aliphatic heterocycles. The average Bonchev–Trinajstić information content (AvgIpc) is 2.35. The summed E-state index contributed by atoms with van der Waals surface area (Å²) in [5, 5.41) is 13.3. The third-order valence-electron chi connectivity index (χ3n) is 2.67. The topological polar surface area (TPSA) is 62.5 Å². The third kappa shape index (κ3) is 2.83. The number of anilines is 1. The van der Waals surface area contributed by atoms with Gasteiger partial charge in [-0.05, 0) is 24.6 Å². The average molecular weight is 268 g/mol. The molecule has 2 aromatic rings. The fraction of sp³-hybridized carbons (Fsp3) is 0.308. The molecule has 2 N–H and O–H groups in total. The van der Waals surface area contributed by atoms with Crippen molar-refractivity contribution in [2.75, 3.05) is 17.7 Å². The monoisotopic (exact) mass is 267 g/mol. The molecule has 18 heavy (non-hydrogen) atoms. The Hall–Kier alpha value is -1.52. The van der Waals surface area contributed by atoms with E-state index < -0.39 is 6.10 Å². The van der Waals surface area contributed by atoms with Crippen LogP contribution < -0.4 is 10.9 Å². The number of halogens is 1. The van der Waals surface area contributed by atoms with Crippen molar-refractivity contribution < 1.29 is 9.52 Å². The summed E-state index contributed by atoms with van der Waals surface area (Å²) >= 11 is 5.50. The molecule has 0 amide bonds. The van der Waals surface area contributed by atoms with Crippen LogP contribution in [0.5, 0.6) is 0 Å². The van der Waals surface area contributed by atoms with Crippen LogP contribution in [0.1, 0.15) is 5.56 Å². The Bertz CT molecular complexity index is 609. The van der Waals surface area contributed by atoms with Gasteiger partial charge in [0.25, 0.3) is 0 Å². The number of alkyl halides is 1. The van der Waals surface area contributed by atoms with E-state index in [0.29, 0.717) is 12.1 Å². The van der Waals surface area contributed by atoms with Crippen LogP contribution >= 0.6 is 11.6 Å². The highest BCUT2D eigenvalue weighted by atomic mass is 35.5. The van der Waals surface area contributed by atoms with Crippen LogP contribution in [0, 0.1) is 6.92 Å². The number of aryl methyl sites for hydroxylation is 1. The predicted octanol–water partition coefficient (Wildman–Crippen LogP) is 2.11. The highest BCUT2D eigenvalue weighted by molar-refractivity contribution is 6.18. The molecule has 4 nitrogen and oxygen atoms in total. The maximum Gasteiger partial charge on any atom is 0.336 e. The maximum atomic E-state index is 11.3. The summed E-state index contributed by atoms with van der Waals surface area (Å²) in [4.78, 5) is 11.3. The fourth-order valence-corrected chi connectivity index (χ4v) is 1.83. The van der Waals surface area contributed by atoms with Crippen molar-refractivity contribution in [3.63, 3.8) is 0 Å². The number of hydrogen-bond donors (Lipinski definition) is 2. The molecule has 0 saturated carbocycles. The van der Waals surface area contributed by atoms with Gasteiger partial charge in [-0.1, -0.05) is 0 Å². The molecular formula is C13H14ClNO3. The Morgan fingerprint density at radius 3 is 2.94 bits per heavy atom. The number of fused-ring (bicyclic) bond motifs is 1. The second-order valence-corrected chi connectivity index (χ2v) is 4.46. The lowest BCUT2D eigenvalue weighted by Gasteiger charge is -2.10. The Morgan fingerprint density at radius 1 is 1.44 bits per heavy atom. The SMILES string of the molecule is Cc1cc(=O)oc2cc(NCC(O)CCl)ccc12. The van der Waals surface area contributed by atoms with Crippen LogP contribution in [0.3, 0.4) is 0 Å². The molecule has 0 saturated heterocycles. The van der Waals surface area contributed by atoms with E-state index >= 15 is 0 Å². The van der Waals surface area contributed by atoms with Gasteiger partial charge in [-0.15, -0.1) is 11.6 Å². The Balaban J connectivity index is 2.30.